The number of aryl methyl sites for hydroxylation is 1. The number of nitrogens with zero attached hydrogens (tertiary/aromatic N) is 1. The van der Waals surface area contributed by atoms with Gasteiger partial charge in [0.25, 0.3) is 10.0 Å². The van der Waals surface area contributed by atoms with Gasteiger partial charge in [-0.15, -0.1) is 0 Å². The third-order valence-corrected chi connectivity index (χ3v) is 5.71. The Morgan fingerprint density at radius 3 is 2.20 bits per heavy atom. The first-order valence-electron chi connectivity index (χ1n) is 7.96. The zero-order valence-corrected chi connectivity index (χ0v) is 14.8. The standard InChI is InChI=1S/C20H20N2O2S/c1-16-6-5-9-19(14-16)22(15-17-7-3-2-4-8-17)25(23,24)20-12-10-18(21)11-13-20/h2-14H,15,21H2,1H3. The monoisotopic (exact) mass is 352 g/mol. The van der Waals surface area contributed by atoms with E-state index in [0.717, 1.165) is 11.1 Å². The molecular weight excluding hydrogens is 332 g/mol. The van der Waals surface area contributed by atoms with E-state index in [-0.39, 0.29) is 11.4 Å². The van der Waals surface area contributed by atoms with Gasteiger partial charge in [-0.1, -0.05) is 42.5 Å². The average molecular weight is 352 g/mol. The van der Waals surface area contributed by atoms with E-state index < -0.39 is 10.0 Å². The summed E-state index contributed by atoms with van der Waals surface area (Å²) in [7, 11) is -3.71. The number of hydrogen-bond acceptors (Lipinski definition) is 3. The summed E-state index contributed by atoms with van der Waals surface area (Å²) in [6.07, 6.45) is 0. The SMILES string of the molecule is Cc1cccc(N(Cc2ccccc2)S(=O)(=O)c2ccc(N)cc2)c1. The van der Waals surface area contributed by atoms with Crippen LogP contribution in [0.25, 0.3) is 0 Å². The largest absolute Gasteiger partial charge is 0.399 e. The van der Waals surface area contributed by atoms with Gasteiger partial charge in [0.05, 0.1) is 17.1 Å². The first-order chi connectivity index (χ1) is 12.0. The van der Waals surface area contributed by atoms with Crippen LogP contribution >= 0.6 is 0 Å². The van der Waals surface area contributed by atoms with Crippen LogP contribution in [-0.4, -0.2) is 8.42 Å². The Kier molecular flexibility index (Phi) is 4.76. The summed E-state index contributed by atoms with van der Waals surface area (Å²) in [4.78, 5) is 0.221. The Balaban J connectivity index is 2.08. The van der Waals surface area contributed by atoms with E-state index in [2.05, 4.69) is 0 Å². The molecular formula is C20H20N2O2S. The van der Waals surface area contributed by atoms with Crippen molar-refractivity contribution in [2.45, 2.75) is 18.4 Å². The minimum Gasteiger partial charge on any atom is -0.399 e. The predicted molar refractivity (Wildman–Crippen MR) is 102 cm³/mol. The van der Waals surface area contributed by atoms with Gasteiger partial charge >= 0.3 is 0 Å². The average Bonchev–Trinajstić information content (AvgIpc) is 2.61. The number of nitrogen functional groups attached to an aromatic ring is 1. The molecule has 3 rings (SSSR count). The Morgan fingerprint density at radius 2 is 1.56 bits per heavy atom. The third-order valence-electron chi connectivity index (χ3n) is 3.93. The maximum absolute atomic E-state index is 13.2. The molecule has 0 atom stereocenters. The highest BCUT2D eigenvalue weighted by molar-refractivity contribution is 7.92. The van der Waals surface area contributed by atoms with Crippen LogP contribution < -0.4 is 10.0 Å². The highest BCUT2D eigenvalue weighted by Gasteiger charge is 2.25. The third kappa shape index (κ3) is 3.83. The number of sulfonamides is 1. The van der Waals surface area contributed by atoms with E-state index in [1.54, 1.807) is 24.3 Å². The van der Waals surface area contributed by atoms with Crippen molar-refractivity contribution in [3.63, 3.8) is 0 Å². The van der Waals surface area contributed by atoms with Gasteiger partial charge in [-0.25, -0.2) is 8.42 Å². The van der Waals surface area contributed by atoms with E-state index >= 15 is 0 Å². The maximum atomic E-state index is 13.2. The minimum atomic E-state index is -3.71. The second-order valence-electron chi connectivity index (χ2n) is 5.91. The van der Waals surface area contributed by atoms with Crippen molar-refractivity contribution in [3.05, 3.63) is 90.0 Å². The van der Waals surface area contributed by atoms with Gasteiger partial charge in [0.1, 0.15) is 0 Å². The van der Waals surface area contributed by atoms with Crippen molar-refractivity contribution < 1.29 is 8.42 Å². The normalized spacial score (nSPS) is 11.2. The van der Waals surface area contributed by atoms with Crippen molar-refractivity contribution in [2.24, 2.45) is 0 Å². The van der Waals surface area contributed by atoms with Gasteiger partial charge in [0, 0.05) is 5.69 Å². The lowest BCUT2D eigenvalue weighted by atomic mass is 10.2. The molecule has 0 radical (unpaired) electrons. The Bertz CT molecular complexity index is 953. The van der Waals surface area contributed by atoms with Crippen molar-refractivity contribution >= 4 is 21.4 Å². The van der Waals surface area contributed by atoms with Gasteiger partial charge in [0.15, 0.2) is 0 Å². The van der Waals surface area contributed by atoms with Crippen LogP contribution in [-0.2, 0) is 16.6 Å². The van der Waals surface area contributed by atoms with Crippen molar-refractivity contribution in [1.82, 2.24) is 0 Å². The Hall–Kier alpha value is -2.79. The summed E-state index contributed by atoms with van der Waals surface area (Å²) in [5.74, 6) is 0. The lowest BCUT2D eigenvalue weighted by Gasteiger charge is -2.25. The number of hydrogen-bond donors (Lipinski definition) is 1. The van der Waals surface area contributed by atoms with E-state index in [9.17, 15) is 8.42 Å². The van der Waals surface area contributed by atoms with Crippen LogP contribution in [0.1, 0.15) is 11.1 Å². The molecule has 0 heterocycles. The molecule has 0 aromatic heterocycles. The molecule has 0 unspecified atom stereocenters. The number of benzene rings is 3. The van der Waals surface area contributed by atoms with Crippen molar-refractivity contribution in [1.29, 1.82) is 0 Å². The number of anilines is 2. The second-order valence-corrected chi connectivity index (χ2v) is 7.77. The number of rotatable bonds is 5. The molecule has 0 fully saturated rings. The van der Waals surface area contributed by atoms with Gasteiger partial charge in [-0.2, -0.15) is 0 Å². The summed E-state index contributed by atoms with van der Waals surface area (Å²) in [6.45, 7) is 2.21. The molecule has 0 amide bonds. The van der Waals surface area contributed by atoms with Crippen LogP contribution in [0.3, 0.4) is 0 Å². The summed E-state index contributed by atoms with van der Waals surface area (Å²) in [5, 5.41) is 0. The van der Waals surface area contributed by atoms with Gasteiger partial charge in [-0.05, 0) is 54.4 Å². The molecule has 0 aliphatic heterocycles. The summed E-state index contributed by atoms with van der Waals surface area (Å²) in [6, 6.07) is 23.3. The first kappa shape index (κ1) is 17.0. The van der Waals surface area contributed by atoms with Crippen molar-refractivity contribution in [2.75, 3.05) is 10.0 Å². The highest BCUT2D eigenvalue weighted by Crippen LogP contribution is 2.27. The molecule has 25 heavy (non-hydrogen) atoms. The Labute approximate surface area is 148 Å². The van der Waals surface area contributed by atoms with E-state index in [1.807, 2.05) is 61.5 Å². The molecule has 3 aromatic carbocycles. The molecule has 0 aliphatic carbocycles. The Morgan fingerprint density at radius 1 is 0.880 bits per heavy atom. The quantitative estimate of drug-likeness (QED) is 0.707. The lowest BCUT2D eigenvalue weighted by Crippen LogP contribution is -2.30. The highest BCUT2D eigenvalue weighted by atomic mass is 32.2. The topological polar surface area (TPSA) is 63.4 Å². The van der Waals surface area contributed by atoms with Crippen LogP contribution in [0, 0.1) is 6.92 Å². The zero-order valence-electron chi connectivity index (χ0n) is 14.0. The maximum Gasteiger partial charge on any atom is 0.264 e. The molecule has 0 spiro atoms. The fraction of sp³-hybridized carbons (Fsp3) is 0.100. The predicted octanol–water partition coefficient (Wildman–Crippen LogP) is 3.97. The molecule has 5 heteroatoms. The van der Waals surface area contributed by atoms with Gasteiger partial charge in [0.2, 0.25) is 0 Å². The fourth-order valence-electron chi connectivity index (χ4n) is 2.61. The van der Waals surface area contributed by atoms with Gasteiger partial charge in [-0.3, -0.25) is 4.31 Å². The summed E-state index contributed by atoms with van der Waals surface area (Å²) < 4.78 is 27.9. The molecule has 2 N–H and O–H groups in total. The van der Waals surface area contributed by atoms with Crippen LogP contribution in [0.4, 0.5) is 11.4 Å². The zero-order chi connectivity index (χ0) is 17.9. The second kappa shape index (κ2) is 6.99. The lowest BCUT2D eigenvalue weighted by molar-refractivity contribution is 0.590. The molecule has 0 bridgehead atoms. The summed E-state index contributed by atoms with van der Waals surface area (Å²) >= 11 is 0. The van der Waals surface area contributed by atoms with Crippen LogP contribution in [0.2, 0.25) is 0 Å². The van der Waals surface area contributed by atoms with Crippen LogP contribution in [0.15, 0.2) is 83.8 Å². The molecule has 0 saturated heterocycles. The fourth-order valence-corrected chi connectivity index (χ4v) is 4.06. The first-order valence-corrected chi connectivity index (χ1v) is 9.40. The van der Waals surface area contributed by atoms with Crippen molar-refractivity contribution in [3.8, 4) is 0 Å². The summed E-state index contributed by atoms with van der Waals surface area (Å²) in [5.41, 5.74) is 8.79. The number of nitrogens with two attached hydrogens (primary N) is 1. The molecule has 0 saturated carbocycles. The molecule has 0 aliphatic rings. The van der Waals surface area contributed by atoms with E-state index in [1.165, 1.54) is 4.31 Å². The molecule has 3 aromatic rings. The smallest absolute Gasteiger partial charge is 0.264 e. The van der Waals surface area contributed by atoms with E-state index in [0.29, 0.717) is 11.4 Å². The minimum absolute atomic E-state index is 0.221. The molecule has 4 nitrogen and oxygen atoms in total. The van der Waals surface area contributed by atoms with Crippen LogP contribution in [0.5, 0.6) is 0 Å². The molecule has 128 valence electrons. The van der Waals surface area contributed by atoms with E-state index in [4.69, 9.17) is 5.73 Å². The van der Waals surface area contributed by atoms with Gasteiger partial charge < -0.3 is 5.73 Å².